The number of aromatic amines is 1. The van der Waals surface area contributed by atoms with E-state index in [1.807, 2.05) is 0 Å². The first-order chi connectivity index (χ1) is 10.9. The molecular formula is C15H17N3O5. The number of Topliss-reactive ketones (excluding diaryl/α,β-unsaturated/α-hetero) is 1. The predicted molar refractivity (Wildman–Crippen MR) is 77.2 cm³/mol. The van der Waals surface area contributed by atoms with Gasteiger partial charge in [-0.25, -0.2) is 0 Å². The summed E-state index contributed by atoms with van der Waals surface area (Å²) in [6, 6.07) is 4.69. The summed E-state index contributed by atoms with van der Waals surface area (Å²) in [7, 11) is 0. The van der Waals surface area contributed by atoms with Crippen molar-refractivity contribution in [3.05, 3.63) is 48.0 Å². The van der Waals surface area contributed by atoms with Gasteiger partial charge in [0.1, 0.15) is 17.3 Å². The number of aromatic nitrogens is 3. The van der Waals surface area contributed by atoms with Crippen LogP contribution in [0.2, 0.25) is 0 Å². The van der Waals surface area contributed by atoms with Crippen molar-refractivity contribution in [3.63, 3.8) is 0 Å². The third-order valence-corrected chi connectivity index (χ3v) is 4.25. The van der Waals surface area contributed by atoms with Gasteiger partial charge < -0.3 is 20.4 Å². The molecule has 23 heavy (non-hydrogen) atoms. The number of hydrogen-bond donors (Lipinski definition) is 5. The lowest BCUT2D eigenvalue weighted by Crippen LogP contribution is -2.61. The molecule has 0 aliphatic heterocycles. The van der Waals surface area contributed by atoms with Gasteiger partial charge in [0.25, 0.3) is 0 Å². The molecule has 8 nitrogen and oxygen atoms in total. The Bertz CT molecular complexity index is 692. The zero-order valence-electron chi connectivity index (χ0n) is 12.1. The van der Waals surface area contributed by atoms with Crippen LogP contribution in [-0.4, -0.2) is 59.2 Å². The Morgan fingerprint density at radius 2 is 2.09 bits per heavy atom. The summed E-state index contributed by atoms with van der Waals surface area (Å²) < 4.78 is 0. The molecule has 8 heteroatoms. The largest absolute Gasteiger partial charge is 0.390 e. The maximum atomic E-state index is 12.5. The van der Waals surface area contributed by atoms with E-state index < -0.39 is 42.0 Å². The van der Waals surface area contributed by atoms with Crippen LogP contribution < -0.4 is 0 Å². The Morgan fingerprint density at radius 3 is 2.70 bits per heavy atom. The van der Waals surface area contributed by atoms with Crippen molar-refractivity contribution in [2.75, 3.05) is 0 Å². The van der Waals surface area contributed by atoms with Crippen molar-refractivity contribution >= 4 is 5.78 Å². The second kappa shape index (κ2) is 5.50. The summed E-state index contributed by atoms with van der Waals surface area (Å²) in [5.41, 5.74) is -3.90. The molecule has 0 radical (unpaired) electrons. The van der Waals surface area contributed by atoms with E-state index in [1.165, 1.54) is 24.7 Å². The van der Waals surface area contributed by atoms with Gasteiger partial charge in [0.2, 0.25) is 0 Å². The summed E-state index contributed by atoms with van der Waals surface area (Å²) >= 11 is 0. The molecule has 0 bridgehead atoms. The number of nitrogens with one attached hydrogen (secondary N) is 1. The van der Waals surface area contributed by atoms with Crippen LogP contribution in [0.15, 0.2) is 36.8 Å². The lowest BCUT2D eigenvalue weighted by atomic mass is 9.68. The highest BCUT2D eigenvalue weighted by molar-refractivity contribution is 6.02. The highest BCUT2D eigenvalue weighted by atomic mass is 16.4. The predicted octanol–water partition coefficient (Wildman–Crippen LogP) is -0.878. The summed E-state index contributed by atoms with van der Waals surface area (Å²) in [4.78, 5) is 16.5. The molecular weight excluding hydrogens is 302 g/mol. The second-order valence-corrected chi connectivity index (χ2v) is 5.88. The van der Waals surface area contributed by atoms with Gasteiger partial charge in [-0.15, -0.1) is 0 Å². The van der Waals surface area contributed by atoms with Gasteiger partial charge in [-0.3, -0.25) is 14.9 Å². The quantitative estimate of drug-likeness (QED) is 0.463. The molecule has 1 saturated carbocycles. The lowest BCUT2D eigenvalue weighted by molar-refractivity contribution is -0.199. The van der Waals surface area contributed by atoms with Crippen LogP contribution in [0.4, 0.5) is 0 Å². The number of aliphatic hydroxyl groups excluding tert-OH is 2. The average Bonchev–Trinajstić information content (AvgIpc) is 3.07. The summed E-state index contributed by atoms with van der Waals surface area (Å²) in [6.45, 7) is 0. The second-order valence-electron chi connectivity index (χ2n) is 5.88. The minimum absolute atomic E-state index is 0.0738. The fraction of sp³-hybridized carbons (Fsp3) is 0.400. The van der Waals surface area contributed by atoms with Crippen LogP contribution in [0.25, 0.3) is 0 Å². The van der Waals surface area contributed by atoms with E-state index in [2.05, 4.69) is 15.2 Å². The van der Waals surface area contributed by atoms with E-state index in [1.54, 1.807) is 12.1 Å². The molecule has 1 aliphatic carbocycles. The van der Waals surface area contributed by atoms with E-state index in [-0.39, 0.29) is 11.3 Å². The Kier molecular flexibility index (Phi) is 3.77. The van der Waals surface area contributed by atoms with E-state index in [0.717, 1.165) is 0 Å². The van der Waals surface area contributed by atoms with Crippen LogP contribution in [0, 0.1) is 0 Å². The minimum atomic E-state index is -2.05. The fourth-order valence-electron chi connectivity index (χ4n) is 3.08. The van der Waals surface area contributed by atoms with E-state index >= 15 is 0 Å². The highest BCUT2D eigenvalue weighted by Crippen LogP contribution is 2.43. The Morgan fingerprint density at radius 1 is 1.30 bits per heavy atom. The van der Waals surface area contributed by atoms with Crippen molar-refractivity contribution in [1.82, 2.24) is 15.2 Å². The molecule has 2 aromatic heterocycles. The molecule has 1 aliphatic rings. The van der Waals surface area contributed by atoms with Gasteiger partial charge in [-0.1, -0.05) is 6.07 Å². The van der Waals surface area contributed by atoms with Crippen LogP contribution in [-0.2, 0) is 5.60 Å². The molecule has 0 spiro atoms. The smallest absolute Gasteiger partial charge is 0.197 e. The van der Waals surface area contributed by atoms with Gasteiger partial charge in [0.15, 0.2) is 5.78 Å². The van der Waals surface area contributed by atoms with Crippen LogP contribution in [0.5, 0.6) is 0 Å². The first kappa shape index (κ1) is 15.8. The summed E-state index contributed by atoms with van der Waals surface area (Å²) in [5, 5.41) is 48.0. The number of carbonyl (C=O) groups is 1. The topological polar surface area (TPSA) is 140 Å². The number of nitrogens with zero attached hydrogens (tertiary/aromatic N) is 2. The number of ketones is 1. The molecule has 4 atom stereocenters. The third kappa shape index (κ3) is 2.55. The SMILES string of the molecule is O=C(c1cn[nH]c1)C1(O)C[C@@H](O)C(O)[C@](O)(c2ccccn2)C1. The van der Waals surface area contributed by atoms with Crippen molar-refractivity contribution < 1.29 is 25.2 Å². The summed E-state index contributed by atoms with van der Waals surface area (Å²) in [5.74, 6) is -0.688. The standard InChI is InChI=1S/C15H17N3O5/c19-10-5-14(22,12(20)9-6-17-18-7-9)8-15(23,13(10)21)11-3-1-2-4-16-11/h1-4,6-7,10,13,19,21-23H,5,8H2,(H,17,18)/t10-,13?,14?,15-/m1/s1. The van der Waals surface area contributed by atoms with E-state index in [9.17, 15) is 25.2 Å². The number of carbonyl (C=O) groups excluding carboxylic acids is 1. The minimum Gasteiger partial charge on any atom is -0.390 e. The Balaban J connectivity index is 2.00. The maximum absolute atomic E-state index is 12.5. The zero-order valence-corrected chi connectivity index (χ0v) is 12.1. The van der Waals surface area contributed by atoms with E-state index in [4.69, 9.17) is 0 Å². The molecule has 0 amide bonds. The average molecular weight is 319 g/mol. The lowest BCUT2D eigenvalue weighted by Gasteiger charge is -2.46. The van der Waals surface area contributed by atoms with Crippen LogP contribution in [0.3, 0.4) is 0 Å². The van der Waals surface area contributed by atoms with E-state index in [0.29, 0.717) is 0 Å². The van der Waals surface area contributed by atoms with Gasteiger partial charge >= 0.3 is 0 Å². The van der Waals surface area contributed by atoms with Gasteiger partial charge in [0.05, 0.1) is 23.6 Å². The zero-order chi connectivity index (χ0) is 16.7. The first-order valence-corrected chi connectivity index (χ1v) is 7.13. The molecule has 0 saturated heterocycles. The number of pyridine rings is 1. The molecule has 0 aromatic carbocycles. The van der Waals surface area contributed by atoms with Crippen LogP contribution in [0.1, 0.15) is 28.9 Å². The van der Waals surface area contributed by atoms with Gasteiger partial charge in [-0.05, 0) is 12.1 Å². The molecule has 2 aromatic rings. The molecule has 5 N–H and O–H groups in total. The van der Waals surface area contributed by atoms with Crippen LogP contribution >= 0.6 is 0 Å². The molecule has 3 rings (SSSR count). The molecule has 2 heterocycles. The monoisotopic (exact) mass is 319 g/mol. The van der Waals surface area contributed by atoms with Crippen molar-refractivity contribution in [3.8, 4) is 0 Å². The van der Waals surface area contributed by atoms with Crippen molar-refractivity contribution in [2.45, 2.75) is 36.3 Å². The van der Waals surface area contributed by atoms with Crippen molar-refractivity contribution in [2.24, 2.45) is 0 Å². The molecule has 2 unspecified atom stereocenters. The maximum Gasteiger partial charge on any atom is 0.197 e. The van der Waals surface area contributed by atoms with Gasteiger partial charge in [0, 0.05) is 25.2 Å². The molecule has 1 fully saturated rings. The highest BCUT2D eigenvalue weighted by Gasteiger charge is 2.57. The first-order valence-electron chi connectivity index (χ1n) is 7.13. The number of hydrogen-bond acceptors (Lipinski definition) is 7. The molecule has 122 valence electrons. The third-order valence-electron chi connectivity index (χ3n) is 4.25. The number of H-pyrrole nitrogens is 1. The fourth-order valence-corrected chi connectivity index (χ4v) is 3.08. The Hall–Kier alpha value is -2.13. The Labute approximate surface area is 131 Å². The normalized spacial score (nSPS) is 34.3. The summed E-state index contributed by atoms with van der Waals surface area (Å²) in [6.07, 6.45) is 0.0334. The number of aliphatic hydroxyl groups is 4. The van der Waals surface area contributed by atoms with Crippen molar-refractivity contribution in [1.29, 1.82) is 0 Å². The van der Waals surface area contributed by atoms with Gasteiger partial charge in [-0.2, -0.15) is 5.10 Å². The number of rotatable bonds is 3.